The van der Waals surface area contributed by atoms with Gasteiger partial charge in [0.2, 0.25) is 0 Å². The molecule has 2 rings (SSSR count). The van der Waals surface area contributed by atoms with E-state index in [0.717, 1.165) is 31.2 Å². The van der Waals surface area contributed by atoms with Crippen LogP contribution in [0.15, 0.2) is 97.1 Å². The van der Waals surface area contributed by atoms with Gasteiger partial charge < -0.3 is 31.3 Å². The molecule has 414 valence electrons. The lowest BCUT2D eigenvalue weighted by Crippen LogP contribution is -2.57. The van der Waals surface area contributed by atoms with E-state index in [1.165, 1.54) is 0 Å². The van der Waals surface area contributed by atoms with E-state index in [0.29, 0.717) is 37.6 Å². The van der Waals surface area contributed by atoms with Crippen molar-refractivity contribution < 1.29 is 40.9 Å². The maximum Gasteiger partial charge on any atom is 0.333 e. The molecular weight excluding hydrogens is 905 g/mol. The smallest absolute Gasteiger partial charge is 0.333 e. The molecule has 0 bridgehead atoms. The van der Waals surface area contributed by atoms with Crippen LogP contribution in [0.5, 0.6) is 0 Å². The first kappa shape index (κ1) is 111. The van der Waals surface area contributed by atoms with E-state index in [2.05, 4.69) is 82.3 Å². The number of esters is 2. The van der Waals surface area contributed by atoms with Crippen molar-refractivity contribution in [1.82, 2.24) is 0 Å². The normalized spacial score (nSPS) is 9.58. The Bertz CT molecular complexity index is 1120. The molecule has 0 amide bonds. The molecule has 0 spiro atoms. The first-order chi connectivity index (χ1) is 25.2. The number of hydrogen-bond donors (Lipinski definition) is 0. The number of carbonyl (C=O) groups excluding carboxylic acids is 2. The van der Waals surface area contributed by atoms with Crippen molar-refractivity contribution in [2.45, 2.75) is 208 Å². The summed E-state index contributed by atoms with van der Waals surface area (Å²) in [7, 11) is -6.21. The first-order valence-corrected chi connectivity index (χ1v) is 30.6. The third kappa shape index (κ3) is 75.3. The Morgan fingerprint density at radius 2 is 0.731 bits per heavy atom. The summed E-state index contributed by atoms with van der Waals surface area (Å²) in [5, 5.41) is 0. The van der Waals surface area contributed by atoms with Crippen LogP contribution in [0.4, 0.5) is 0 Å². The molecule has 9 nitrogen and oxygen atoms in total. The highest BCUT2D eigenvalue weighted by Crippen LogP contribution is 2.29. The number of benzene rings is 2. The van der Waals surface area contributed by atoms with Gasteiger partial charge in [-0.25, -0.2) is 9.59 Å². The van der Waals surface area contributed by atoms with Crippen molar-refractivity contribution in [3.05, 3.63) is 97.1 Å². The maximum absolute atomic E-state index is 10.4. The second-order valence-electron chi connectivity index (χ2n) is 14.1. The van der Waals surface area contributed by atoms with Crippen LogP contribution in [0.3, 0.4) is 0 Å². The van der Waals surface area contributed by atoms with Crippen LogP contribution >= 0.6 is 0 Å². The summed E-state index contributed by atoms with van der Waals surface area (Å²) in [5.41, 5.74) is 0.902. The predicted molar refractivity (Wildman–Crippen MR) is 324 cm³/mol. The fraction of sp³-hybridized carbons (Fsp3) is 0.667. The second-order valence-corrected chi connectivity index (χ2v) is 30.6. The Labute approximate surface area is 430 Å². The van der Waals surface area contributed by atoms with Crippen LogP contribution in [-0.2, 0) is 40.9 Å². The monoisotopic (exact) mass is 1030 g/mol. The van der Waals surface area contributed by atoms with Gasteiger partial charge in [0, 0.05) is 24.9 Å². The van der Waals surface area contributed by atoms with Gasteiger partial charge in [0.15, 0.2) is 16.6 Å². The van der Waals surface area contributed by atoms with Crippen molar-refractivity contribution in [2.24, 2.45) is 0 Å². The zero-order valence-corrected chi connectivity index (χ0v) is 40.4. The maximum atomic E-state index is 10.4. The summed E-state index contributed by atoms with van der Waals surface area (Å²) < 4.78 is 39.8. The lowest BCUT2D eigenvalue weighted by atomic mass is 10.4. The average molecular weight is 1030 g/mol. The Kier molecular flexibility index (Phi) is 108. The van der Waals surface area contributed by atoms with Crippen LogP contribution in [0.2, 0.25) is 64.0 Å². The van der Waals surface area contributed by atoms with Gasteiger partial charge in [-0.05, 0) is 98.1 Å². The topological polar surface area (TPSA) is 98.8 Å². The van der Waals surface area contributed by atoms with Crippen LogP contribution < -0.4 is 0 Å². The van der Waals surface area contributed by atoms with Crippen molar-refractivity contribution in [2.75, 3.05) is 40.1 Å². The molecule has 67 heavy (non-hydrogen) atoms. The lowest BCUT2D eigenvalue weighted by Gasteiger charge is -2.42. The highest BCUT2D eigenvalue weighted by atomic mass is 28.5. The zero-order valence-electron chi connectivity index (χ0n) is 36.4. The highest BCUT2D eigenvalue weighted by Gasteiger charge is 2.45. The molecule has 0 aliphatic carbocycles. The molecule has 0 radical (unpaired) electrons. The van der Waals surface area contributed by atoms with Gasteiger partial charge in [0.05, 0.1) is 26.4 Å². The van der Waals surface area contributed by atoms with Crippen LogP contribution in [0.1, 0.15) is 145 Å². The standard InChI is InChI=1S/C17H44O5Si4.2C6H10O2.2C6H6.13CH4/c1-11-23(4,5)20-25(8,9)22-26(10,21-24(6,7)12-2)17-13-14-19-16-15-18-3;2*1-4-8-6(7)5(2)3;2*1-2-4-6-5-3-1;;;;;;;;;;;;;/h11-17H2,1-10H3;2*2,4H2,1,3H3;2*1-6H;13*1H4. The zero-order chi connectivity index (χ0) is 42.1. The number of hydrogen-bond acceptors (Lipinski definition) is 9. The Balaban J connectivity index is -0.0000000380. The van der Waals surface area contributed by atoms with Crippen molar-refractivity contribution in [3.63, 3.8) is 0 Å². The summed E-state index contributed by atoms with van der Waals surface area (Å²) in [6.07, 6.45) is 0.958. The number of rotatable bonds is 19. The molecule has 13 heteroatoms. The van der Waals surface area contributed by atoms with Gasteiger partial charge in [-0.15, -0.1) is 0 Å². The molecule has 0 aliphatic rings. The summed E-state index contributed by atoms with van der Waals surface area (Å²) in [6.45, 7) is 36.6. The molecule has 0 heterocycles. The van der Waals surface area contributed by atoms with E-state index in [1.807, 2.05) is 72.8 Å². The van der Waals surface area contributed by atoms with Gasteiger partial charge in [-0.1, -0.05) is 196 Å². The SMILES string of the molecule is C.C.C.C.C.C.C.C.C.C.C.C.C.C=C(C)C(=O)OCC.C=C(C)C(=O)OCC.CC[Si](C)(C)O[Si](C)(C)O[Si](C)(CCCOCCOC)O[Si](C)(C)CC.c1ccccc1.c1ccccc1. The Hall–Kier alpha value is -2.47. The number of ether oxygens (including phenoxy) is 4. The average Bonchev–Trinajstić information content (AvgIpc) is 3.11. The molecule has 0 saturated heterocycles. The molecular formula is C54H128O9Si4. The third-order valence-corrected chi connectivity index (χ3v) is 23.6. The van der Waals surface area contributed by atoms with Gasteiger partial charge in [-0.2, -0.15) is 0 Å². The highest BCUT2D eigenvalue weighted by molar-refractivity contribution is 6.89. The largest absolute Gasteiger partial charge is 0.463 e. The molecule has 1 atom stereocenters. The molecule has 2 aromatic carbocycles. The minimum absolute atomic E-state index is 0. The molecule has 1 unspecified atom stereocenters. The number of carbonyl (C=O) groups is 2. The van der Waals surface area contributed by atoms with Crippen LogP contribution in [0, 0.1) is 0 Å². The molecule has 0 saturated carbocycles. The Morgan fingerprint density at radius 1 is 0.448 bits per heavy atom. The molecule has 0 fully saturated rings. The van der Waals surface area contributed by atoms with Gasteiger partial charge >= 0.3 is 29.1 Å². The summed E-state index contributed by atoms with van der Waals surface area (Å²) >= 11 is 0. The van der Waals surface area contributed by atoms with Crippen LogP contribution in [-0.4, -0.2) is 85.8 Å². The van der Waals surface area contributed by atoms with E-state index in [4.69, 9.17) is 21.8 Å². The van der Waals surface area contributed by atoms with E-state index >= 15 is 0 Å². The quantitative estimate of drug-likeness (QED) is 0.0589. The van der Waals surface area contributed by atoms with Crippen LogP contribution in [0.25, 0.3) is 0 Å². The molecule has 0 aliphatic heterocycles. The molecule has 0 aromatic heterocycles. The minimum Gasteiger partial charge on any atom is -0.463 e. The predicted octanol–water partition coefficient (Wildman–Crippen LogP) is 19.2. The van der Waals surface area contributed by atoms with Crippen molar-refractivity contribution in [1.29, 1.82) is 0 Å². The summed E-state index contributed by atoms with van der Waals surface area (Å²) in [5.74, 6) is -0.625. The minimum atomic E-state index is -2.31. The van der Waals surface area contributed by atoms with Crippen molar-refractivity contribution in [3.8, 4) is 0 Å². The van der Waals surface area contributed by atoms with E-state index < -0.39 is 33.8 Å². The lowest BCUT2D eigenvalue weighted by molar-refractivity contribution is -0.139. The fourth-order valence-electron chi connectivity index (χ4n) is 4.08. The first-order valence-electron chi connectivity index (χ1n) is 19.0. The van der Waals surface area contributed by atoms with E-state index in [-0.39, 0.29) is 108 Å². The van der Waals surface area contributed by atoms with E-state index in [9.17, 15) is 9.59 Å². The molecule has 0 N–H and O–H groups in total. The Morgan fingerprint density at radius 3 is 0.955 bits per heavy atom. The second kappa shape index (κ2) is 65.6. The molecule has 2 aromatic rings. The van der Waals surface area contributed by atoms with Gasteiger partial charge in [0.1, 0.15) is 0 Å². The van der Waals surface area contributed by atoms with Gasteiger partial charge in [-0.3, -0.25) is 0 Å². The van der Waals surface area contributed by atoms with Gasteiger partial charge in [0.25, 0.3) is 0 Å². The fourth-order valence-corrected chi connectivity index (χ4v) is 22.1. The van der Waals surface area contributed by atoms with Crippen molar-refractivity contribution >= 4 is 45.7 Å². The third-order valence-electron chi connectivity index (χ3n) is 7.11. The summed E-state index contributed by atoms with van der Waals surface area (Å²) in [6, 6.07) is 27.2. The number of methoxy groups -OCH3 is 1. The van der Waals surface area contributed by atoms with E-state index in [1.54, 1.807) is 34.8 Å². The summed E-state index contributed by atoms with van der Waals surface area (Å²) in [4.78, 5) is 20.8.